The zero-order valence-corrected chi connectivity index (χ0v) is 13.6. The second-order valence-electron chi connectivity index (χ2n) is 4.85. The molecule has 0 radical (unpaired) electrons. The predicted molar refractivity (Wildman–Crippen MR) is 89.3 cm³/mol. The number of nitrogens with zero attached hydrogens (tertiary/aromatic N) is 1. The molecule has 0 aliphatic heterocycles. The molecule has 0 saturated carbocycles. The maximum atomic E-state index is 3.52. The maximum Gasteiger partial charge on any atom is 0.0366 e. The first kappa shape index (κ1) is 16.4. The van der Waals surface area contributed by atoms with Crippen LogP contribution in [-0.2, 0) is 6.54 Å². The first-order valence-electron chi connectivity index (χ1n) is 7.28. The van der Waals surface area contributed by atoms with Gasteiger partial charge in [0.15, 0.2) is 0 Å². The van der Waals surface area contributed by atoms with Crippen LogP contribution in [0.2, 0.25) is 0 Å². The standard InChI is InChI=1S/C16H28N2S/c1-5-18(6-2)16-9-7-15(8-10-16)13-17-12-11-14(3)19-4/h7-10,14,17H,5-6,11-13H2,1-4H3. The molecule has 108 valence electrons. The molecule has 0 saturated heterocycles. The highest BCUT2D eigenvalue weighted by molar-refractivity contribution is 7.99. The van der Waals surface area contributed by atoms with Crippen molar-refractivity contribution in [2.24, 2.45) is 0 Å². The van der Waals surface area contributed by atoms with E-state index in [2.05, 4.69) is 61.5 Å². The van der Waals surface area contributed by atoms with E-state index < -0.39 is 0 Å². The summed E-state index contributed by atoms with van der Waals surface area (Å²) < 4.78 is 0. The Bertz CT molecular complexity index is 333. The maximum absolute atomic E-state index is 3.52. The minimum absolute atomic E-state index is 0.748. The summed E-state index contributed by atoms with van der Waals surface area (Å²) in [7, 11) is 0. The second-order valence-corrected chi connectivity index (χ2v) is 6.13. The van der Waals surface area contributed by atoms with Crippen LogP contribution in [0.15, 0.2) is 24.3 Å². The van der Waals surface area contributed by atoms with Crippen molar-refractivity contribution < 1.29 is 0 Å². The molecule has 19 heavy (non-hydrogen) atoms. The molecule has 0 amide bonds. The van der Waals surface area contributed by atoms with Crippen LogP contribution in [0.5, 0.6) is 0 Å². The van der Waals surface area contributed by atoms with Gasteiger partial charge in [0.05, 0.1) is 0 Å². The predicted octanol–water partition coefficient (Wildman–Crippen LogP) is 3.76. The molecule has 0 fully saturated rings. The third-order valence-corrected chi connectivity index (χ3v) is 4.56. The lowest BCUT2D eigenvalue weighted by molar-refractivity contribution is 0.648. The average molecular weight is 280 g/mol. The van der Waals surface area contributed by atoms with Crippen molar-refractivity contribution in [1.82, 2.24) is 5.32 Å². The van der Waals surface area contributed by atoms with Gasteiger partial charge in [0.25, 0.3) is 0 Å². The number of anilines is 1. The molecule has 1 aromatic carbocycles. The Morgan fingerprint density at radius 3 is 2.32 bits per heavy atom. The van der Waals surface area contributed by atoms with Gasteiger partial charge in [-0.2, -0.15) is 11.8 Å². The summed E-state index contributed by atoms with van der Waals surface area (Å²) in [4.78, 5) is 2.37. The van der Waals surface area contributed by atoms with Crippen LogP contribution in [0.3, 0.4) is 0 Å². The third kappa shape index (κ3) is 5.87. The van der Waals surface area contributed by atoms with Gasteiger partial charge in [-0.15, -0.1) is 0 Å². The van der Waals surface area contributed by atoms with Crippen LogP contribution in [0, 0.1) is 0 Å². The molecule has 1 atom stereocenters. The van der Waals surface area contributed by atoms with Crippen molar-refractivity contribution in [3.8, 4) is 0 Å². The van der Waals surface area contributed by atoms with Crippen LogP contribution < -0.4 is 10.2 Å². The molecular formula is C16H28N2S. The number of nitrogens with one attached hydrogen (secondary N) is 1. The highest BCUT2D eigenvalue weighted by Gasteiger charge is 2.02. The summed E-state index contributed by atoms with van der Waals surface area (Å²) in [5.41, 5.74) is 2.69. The van der Waals surface area contributed by atoms with Crippen molar-refractivity contribution in [2.45, 2.75) is 39.0 Å². The molecule has 0 aromatic heterocycles. The normalized spacial score (nSPS) is 12.4. The first-order valence-corrected chi connectivity index (χ1v) is 8.57. The van der Waals surface area contributed by atoms with E-state index in [1.54, 1.807) is 0 Å². The Morgan fingerprint density at radius 1 is 1.16 bits per heavy atom. The third-order valence-electron chi connectivity index (χ3n) is 3.52. The van der Waals surface area contributed by atoms with E-state index in [9.17, 15) is 0 Å². The van der Waals surface area contributed by atoms with Gasteiger partial charge in [0, 0.05) is 30.6 Å². The van der Waals surface area contributed by atoms with E-state index in [1.165, 1.54) is 17.7 Å². The molecule has 1 N–H and O–H groups in total. The molecule has 2 nitrogen and oxygen atoms in total. The molecule has 0 aliphatic rings. The summed E-state index contributed by atoms with van der Waals surface area (Å²) in [5, 5.41) is 4.26. The van der Waals surface area contributed by atoms with Crippen LogP contribution >= 0.6 is 11.8 Å². The second kappa shape index (κ2) is 9.27. The lowest BCUT2D eigenvalue weighted by Gasteiger charge is -2.21. The van der Waals surface area contributed by atoms with Gasteiger partial charge in [-0.25, -0.2) is 0 Å². The van der Waals surface area contributed by atoms with Crippen molar-refractivity contribution in [3.63, 3.8) is 0 Å². The van der Waals surface area contributed by atoms with Gasteiger partial charge in [-0.3, -0.25) is 0 Å². The van der Waals surface area contributed by atoms with Crippen LogP contribution in [0.4, 0.5) is 5.69 Å². The lowest BCUT2D eigenvalue weighted by Crippen LogP contribution is -2.22. The van der Waals surface area contributed by atoms with Crippen molar-refractivity contribution in [2.75, 3.05) is 30.8 Å². The lowest BCUT2D eigenvalue weighted by atomic mass is 10.2. The van der Waals surface area contributed by atoms with Crippen molar-refractivity contribution >= 4 is 17.4 Å². The number of hydrogen-bond acceptors (Lipinski definition) is 3. The highest BCUT2D eigenvalue weighted by atomic mass is 32.2. The summed E-state index contributed by atoms with van der Waals surface area (Å²) in [6, 6.07) is 8.93. The topological polar surface area (TPSA) is 15.3 Å². The monoisotopic (exact) mass is 280 g/mol. The molecule has 0 spiro atoms. The van der Waals surface area contributed by atoms with E-state index in [4.69, 9.17) is 0 Å². The van der Waals surface area contributed by atoms with Crippen molar-refractivity contribution in [3.05, 3.63) is 29.8 Å². The Morgan fingerprint density at radius 2 is 1.79 bits per heavy atom. The molecule has 1 aromatic rings. The first-order chi connectivity index (χ1) is 9.21. The van der Waals surface area contributed by atoms with Gasteiger partial charge in [0.2, 0.25) is 0 Å². The van der Waals surface area contributed by atoms with Gasteiger partial charge in [-0.1, -0.05) is 19.1 Å². The van der Waals surface area contributed by atoms with Crippen LogP contribution in [0.25, 0.3) is 0 Å². The zero-order chi connectivity index (χ0) is 14.1. The number of hydrogen-bond donors (Lipinski definition) is 1. The number of thioether (sulfide) groups is 1. The summed E-state index contributed by atoms with van der Waals surface area (Å²) >= 11 is 1.94. The Balaban J connectivity index is 2.36. The molecule has 1 unspecified atom stereocenters. The fraction of sp³-hybridized carbons (Fsp3) is 0.625. The quantitative estimate of drug-likeness (QED) is 0.693. The molecule has 0 bridgehead atoms. The van der Waals surface area contributed by atoms with E-state index >= 15 is 0 Å². The van der Waals surface area contributed by atoms with Gasteiger partial charge >= 0.3 is 0 Å². The molecule has 1 rings (SSSR count). The SMILES string of the molecule is CCN(CC)c1ccc(CNCCC(C)SC)cc1. The Hall–Kier alpha value is -0.670. The molecule has 0 aliphatic carbocycles. The molecule has 3 heteroatoms. The fourth-order valence-corrected chi connectivity index (χ4v) is 2.42. The van der Waals surface area contributed by atoms with E-state index in [0.717, 1.165) is 31.4 Å². The number of rotatable bonds is 9. The molecule has 0 heterocycles. The minimum atomic E-state index is 0.748. The Labute approximate surface area is 123 Å². The smallest absolute Gasteiger partial charge is 0.0366 e. The van der Waals surface area contributed by atoms with Crippen LogP contribution in [0.1, 0.15) is 32.8 Å². The summed E-state index contributed by atoms with van der Waals surface area (Å²) in [6.07, 6.45) is 3.41. The minimum Gasteiger partial charge on any atom is -0.372 e. The van der Waals surface area contributed by atoms with Crippen LogP contribution in [-0.4, -0.2) is 31.1 Å². The fourth-order valence-electron chi connectivity index (χ4n) is 2.07. The average Bonchev–Trinajstić information content (AvgIpc) is 2.46. The van der Waals surface area contributed by atoms with Gasteiger partial charge < -0.3 is 10.2 Å². The van der Waals surface area contributed by atoms with E-state index in [1.807, 2.05) is 11.8 Å². The summed E-state index contributed by atoms with van der Waals surface area (Å²) in [6.45, 7) is 10.9. The number of benzene rings is 1. The highest BCUT2D eigenvalue weighted by Crippen LogP contribution is 2.15. The van der Waals surface area contributed by atoms with Crippen molar-refractivity contribution in [1.29, 1.82) is 0 Å². The largest absolute Gasteiger partial charge is 0.372 e. The van der Waals surface area contributed by atoms with E-state index in [-0.39, 0.29) is 0 Å². The zero-order valence-electron chi connectivity index (χ0n) is 12.8. The van der Waals surface area contributed by atoms with Gasteiger partial charge in [-0.05, 0) is 50.8 Å². The Kier molecular flexibility index (Phi) is 7.99. The molecular weight excluding hydrogens is 252 g/mol. The summed E-state index contributed by atoms with van der Waals surface area (Å²) in [5.74, 6) is 0. The van der Waals surface area contributed by atoms with Gasteiger partial charge in [0.1, 0.15) is 0 Å². The van der Waals surface area contributed by atoms with E-state index in [0.29, 0.717) is 0 Å².